The standard InChI is InChI=1S/C15H9F2N3OS/c16-10-3-5-12(6-4-10)22-14-8-11(9-21)19-20(14)13-2-1-7-18-15(13)17/h1-9H. The number of aldehydes is 1. The van der Waals surface area contributed by atoms with E-state index in [0.29, 0.717) is 11.3 Å². The van der Waals surface area contributed by atoms with Crippen LogP contribution in [0, 0.1) is 11.8 Å². The maximum atomic E-state index is 13.8. The number of hydrogen-bond acceptors (Lipinski definition) is 4. The molecule has 1 aromatic carbocycles. The van der Waals surface area contributed by atoms with Crippen LogP contribution in [0.2, 0.25) is 0 Å². The molecule has 3 rings (SSSR count). The first-order chi connectivity index (χ1) is 10.7. The summed E-state index contributed by atoms with van der Waals surface area (Å²) in [5.41, 5.74) is 0.313. The van der Waals surface area contributed by atoms with Crippen molar-refractivity contribution in [1.82, 2.24) is 14.8 Å². The lowest BCUT2D eigenvalue weighted by molar-refractivity contribution is 0.111. The number of hydrogen-bond donors (Lipinski definition) is 0. The van der Waals surface area contributed by atoms with Crippen LogP contribution in [0.3, 0.4) is 0 Å². The molecule has 0 saturated carbocycles. The Morgan fingerprint density at radius 3 is 2.59 bits per heavy atom. The van der Waals surface area contributed by atoms with E-state index in [9.17, 15) is 13.6 Å². The third-order valence-electron chi connectivity index (χ3n) is 2.82. The van der Waals surface area contributed by atoms with Crippen molar-refractivity contribution in [3.8, 4) is 5.69 Å². The van der Waals surface area contributed by atoms with Crippen LogP contribution < -0.4 is 0 Å². The lowest BCUT2D eigenvalue weighted by Crippen LogP contribution is -2.03. The highest BCUT2D eigenvalue weighted by molar-refractivity contribution is 7.99. The van der Waals surface area contributed by atoms with Crippen molar-refractivity contribution in [2.24, 2.45) is 0 Å². The first kappa shape index (κ1) is 14.4. The summed E-state index contributed by atoms with van der Waals surface area (Å²) in [6.45, 7) is 0. The molecule has 0 radical (unpaired) electrons. The zero-order valence-electron chi connectivity index (χ0n) is 11.1. The summed E-state index contributed by atoms with van der Waals surface area (Å²) in [4.78, 5) is 15.3. The minimum absolute atomic E-state index is 0.139. The van der Waals surface area contributed by atoms with Crippen LogP contribution in [-0.4, -0.2) is 21.1 Å². The van der Waals surface area contributed by atoms with Gasteiger partial charge in [0.2, 0.25) is 5.95 Å². The molecule has 22 heavy (non-hydrogen) atoms. The zero-order chi connectivity index (χ0) is 15.5. The number of pyridine rings is 1. The number of benzene rings is 1. The van der Waals surface area contributed by atoms with E-state index in [-0.39, 0.29) is 17.2 Å². The number of nitrogens with zero attached hydrogens (tertiary/aromatic N) is 3. The first-order valence-corrected chi connectivity index (χ1v) is 7.08. The highest BCUT2D eigenvalue weighted by Crippen LogP contribution is 2.30. The molecule has 0 aliphatic rings. The second kappa shape index (κ2) is 6.07. The van der Waals surface area contributed by atoms with Gasteiger partial charge in [-0.25, -0.2) is 14.1 Å². The van der Waals surface area contributed by atoms with Gasteiger partial charge >= 0.3 is 0 Å². The molecule has 0 fully saturated rings. The van der Waals surface area contributed by atoms with E-state index in [2.05, 4.69) is 10.1 Å². The zero-order valence-corrected chi connectivity index (χ0v) is 11.9. The minimum atomic E-state index is -0.691. The quantitative estimate of drug-likeness (QED) is 0.546. The summed E-state index contributed by atoms with van der Waals surface area (Å²) in [6, 6.07) is 10.5. The van der Waals surface area contributed by atoms with Gasteiger partial charge in [-0.1, -0.05) is 11.8 Å². The normalized spacial score (nSPS) is 10.6. The van der Waals surface area contributed by atoms with Gasteiger partial charge in [-0.3, -0.25) is 4.79 Å². The molecule has 0 aliphatic carbocycles. The Kier molecular flexibility index (Phi) is 3.97. The molecule has 0 aliphatic heterocycles. The largest absolute Gasteiger partial charge is 0.296 e. The average molecular weight is 317 g/mol. The van der Waals surface area contributed by atoms with Gasteiger partial charge in [0, 0.05) is 17.2 Å². The van der Waals surface area contributed by atoms with Crippen molar-refractivity contribution in [1.29, 1.82) is 0 Å². The molecule has 2 aromatic heterocycles. The van der Waals surface area contributed by atoms with Crippen molar-refractivity contribution in [3.63, 3.8) is 0 Å². The van der Waals surface area contributed by atoms with Crippen molar-refractivity contribution >= 4 is 18.0 Å². The monoisotopic (exact) mass is 317 g/mol. The molecule has 0 N–H and O–H groups in total. The summed E-state index contributed by atoms with van der Waals surface area (Å²) >= 11 is 1.24. The van der Waals surface area contributed by atoms with E-state index in [1.54, 1.807) is 18.2 Å². The third kappa shape index (κ3) is 2.89. The molecule has 0 saturated heterocycles. The maximum Gasteiger partial charge on any atom is 0.238 e. The predicted octanol–water partition coefficient (Wildman–Crippen LogP) is 3.51. The Labute approximate surface area is 128 Å². The number of aromatic nitrogens is 3. The van der Waals surface area contributed by atoms with Crippen molar-refractivity contribution in [2.45, 2.75) is 9.92 Å². The average Bonchev–Trinajstić information content (AvgIpc) is 2.93. The second-order valence-electron chi connectivity index (χ2n) is 4.31. The van der Waals surface area contributed by atoms with Gasteiger partial charge in [-0.2, -0.15) is 9.49 Å². The molecular formula is C15H9F2N3OS. The molecule has 4 nitrogen and oxygen atoms in total. The Morgan fingerprint density at radius 2 is 1.91 bits per heavy atom. The predicted molar refractivity (Wildman–Crippen MR) is 77.2 cm³/mol. The van der Waals surface area contributed by atoms with E-state index < -0.39 is 5.95 Å². The van der Waals surface area contributed by atoms with Gasteiger partial charge in [-0.05, 0) is 36.4 Å². The molecule has 0 unspecified atom stereocenters. The lowest BCUT2D eigenvalue weighted by Gasteiger charge is -2.07. The molecular weight excluding hydrogens is 308 g/mol. The Morgan fingerprint density at radius 1 is 1.14 bits per heavy atom. The number of rotatable bonds is 4. The van der Waals surface area contributed by atoms with Gasteiger partial charge in [0.25, 0.3) is 0 Å². The van der Waals surface area contributed by atoms with Gasteiger partial charge in [-0.15, -0.1) is 0 Å². The van der Waals surface area contributed by atoms with Crippen molar-refractivity contribution < 1.29 is 13.6 Å². The summed E-state index contributed by atoms with van der Waals surface area (Å²) < 4.78 is 28.1. The number of halogens is 2. The molecule has 0 amide bonds. The summed E-state index contributed by atoms with van der Waals surface area (Å²) in [5, 5.41) is 4.58. The first-order valence-electron chi connectivity index (χ1n) is 6.27. The molecule has 3 aromatic rings. The fourth-order valence-corrected chi connectivity index (χ4v) is 2.76. The van der Waals surface area contributed by atoms with E-state index in [4.69, 9.17) is 0 Å². The number of carbonyl (C=O) groups is 1. The van der Waals surface area contributed by atoms with Crippen LogP contribution in [0.4, 0.5) is 8.78 Å². The maximum absolute atomic E-state index is 13.8. The van der Waals surface area contributed by atoms with Crippen molar-refractivity contribution in [3.05, 3.63) is 66.1 Å². The Balaban J connectivity index is 2.04. The highest BCUT2D eigenvalue weighted by Gasteiger charge is 2.14. The van der Waals surface area contributed by atoms with E-state index in [1.165, 1.54) is 46.9 Å². The van der Waals surface area contributed by atoms with Crippen LogP contribution >= 0.6 is 11.8 Å². The van der Waals surface area contributed by atoms with Crippen LogP contribution in [-0.2, 0) is 0 Å². The smallest absolute Gasteiger partial charge is 0.238 e. The van der Waals surface area contributed by atoms with Gasteiger partial charge < -0.3 is 0 Å². The SMILES string of the molecule is O=Cc1cc(Sc2ccc(F)cc2)n(-c2cccnc2F)n1. The molecule has 0 spiro atoms. The fraction of sp³-hybridized carbons (Fsp3) is 0. The van der Waals surface area contributed by atoms with Gasteiger partial charge in [0.1, 0.15) is 22.2 Å². The second-order valence-corrected chi connectivity index (χ2v) is 5.40. The third-order valence-corrected chi connectivity index (χ3v) is 3.83. The Hall–Kier alpha value is -2.54. The van der Waals surface area contributed by atoms with E-state index >= 15 is 0 Å². The fourth-order valence-electron chi connectivity index (χ4n) is 1.84. The minimum Gasteiger partial charge on any atom is -0.296 e. The van der Waals surface area contributed by atoms with E-state index in [1.807, 2.05) is 0 Å². The van der Waals surface area contributed by atoms with Crippen LogP contribution in [0.5, 0.6) is 0 Å². The van der Waals surface area contributed by atoms with Crippen LogP contribution in [0.15, 0.2) is 58.6 Å². The van der Waals surface area contributed by atoms with Gasteiger partial charge in [0.15, 0.2) is 6.29 Å². The molecule has 0 atom stereocenters. The summed E-state index contributed by atoms with van der Waals surface area (Å²) in [5.74, 6) is -1.03. The van der Waals surface area contributed by atoms with E-state index in [0.717, 1.165) is 4.90 Å². The molecule has 0 bridgehead atoms. The van der Waals surface area contributed by atoms with Crippen molar-refractivity contribution in [2.75, 3.05) is 0 Å². The van der Waals surface area contributed by atoms with Crippen LogP contribution in [0.25, 0.3) is 5.69 Å². The summed E-state index contributed by atoms with van der Waals surface area (Å²) in [6.07, 6.45) is 1.91. The Bertz CT molecular complexity index is 818. The van der Waals surface area contributed by atoms with Crippen LogP contribution in [0.1, 0.15) is 10.5 Å². The molecule has 110 valence electrons. The summed E-state index contributed by atoms with van der Waals surface area (Å²) in [7, 11) is 0. The topological polar surface area (TPSA) is 47.8 Å². The molecule has 7 heteroatoms. The lowest BCUT2D eigenvalue weighted by atomic mass is 10.4. The molecule has 2 heterocycles. The number of carbonyl (C=O) groups excluding carboxylic acids is 1. The highest BCUT2D eigenvalue weighted by atomic mass is 32.2. The van der Waals surface area contributed by atoms with Gasteiger partial charge in [0.05, 0.1) is 0 Å².